The van der Waals surface area contributed by atoms with Crippen molar-refractivity contribution >= 4 is 0 Å². The summed E-state index contributed by atoms with van der Waals surface area (Å²) in [4.78, 5) is 0. The molecule has 0 bridgehead atoms. The summed E-state index contributed by atoms with van der Waals surface area (Å²) in [5.74, 6) is 0. The highest BCUT2D eigenvalue weighted by Crippen LogP contribution is 2.08. The lowest BCUT2D eigenvalue weighted by atomic mass is 10.1. The van der Waals surface area contributed by atoms with E-state index in [0.717, 1.165) is 38.0 Å². The largest absolute Gasteiger partial charge is 0.389 e. The van der Waals surface area contributed by atoms with E-state index in [4.69, 9.17) is 0 Å². The first-order chi connectivity index (χ1) is 8.15. The standard InChI is InChI=1S/C15H28N2/c1-6-10-13(4)16-11-9-12-17-14(5)15(7-2)8-3/h7,10,16-17H,5-6,8-9,11-12H2,1-4H3/b13-10-,15-7+. The van der Waals surface area contributed by atoms with Gasteiger partial charge in [0.25, 0.3) is 0 Å². The lowest BCUT2D eigenvalue weighted by Gasteiger charge is -2.12. The predicted octanol–water partition coefficient (Wildman–Crippen LogP) is 3.74. The zero-order valence-corrected chi connectivity index (χ0v) is 11.9. The molecule has 0 rings (SSSR count). The molecule has 98 valence electrons. The molecule has 2 heteroatoms. The maximum atomic E-state index is 4.05. The molecule has 0 fully saturated rings. The van der Waals surface area contributed by atoms with E-state index >= 15 is 0 Å². The van der Waals surface area contributed by atoms with Crippen molar-refractivity contribution < 1.29 is 0 Å². The molecule has 17 heavy (non-hydrogen) atoms. The highest BCUT2D eigenvalue weighted by Gasteiger charge is 1.97. The quantitative estimate of drug-likeness (QED) is 0.471. The fraction of sp³-hybridized carbons (Fsp3) is 0.600. The van der Waals surface area contributed by atoms with Crippen molar-refractivity contribution in [1.29, 1.82) is 0 Å². The van der Waals surface area contributed by atoms with Crippen molar-refractivity contribution in [2.75, 3.05) is 13.1 Å². The minimum atomic E-state index is 0.975. The molecular formula is C15H28N2. The number of allylic oxidation sites excluding steroid dienone is 4. The number of nitrogens with one attached hydrogen (secondary N) is 2. The summed E-state index contributed by atoms with van der Waals surface area (Å²) in [7, 11) is 0. The normalized spacial score (nSPS) is 12.5. The Hall–Kier alpha value is -1.18. The Balaban J connectivity index is 3.65. The molecule has 0 amide bonds. The third-order valence-electron chi connectivity index (χ3n) is 2.72. The molecule has 0 heterocycles. The summed E-state index contributed by atoms with van der Waals surface area (Å²) in [6.45, 7) is 14.5. The number of hydrogen-bond acceptors (Lipinski definition) is 2. The Labute approximate surface area is 107 Å². The van der Waals surface area contributed by atoms with Crippen molar-refractivity contribution in [2.45, 2.75) is 47.0 Å². The first kappa shape index (κ1) is 15.8. The van der Waals surface area contributed by atoms with Crippen molar-refractivity contribution in [2.24, 2.45) is 0 Å². The number of hydrogen-bond donors (Lipinski definition) is 2. The van der Waals surface area contributed by atoms with E-state index in [9.17, 15) is 0 Å². The predicted molar refractivity (Wildman–Crippen MR) is 77.9 cm³/mol. The minimum Gasteiger partial charge on any atom is -0.389 e. The van der Waals surface area contributed by atoms with Crippen LogP contribution in [0.5, 0.6) is 0 Å². The van der Waals surface area contributed by atoms with Crippen LogP contribution in [0.15, 0.2) is 35.7 Å². The van der Waals surface area contributed by atoms with Crippen LogP contribution in [0.25, 0.3) is 0 Å². The van der Waals surface area contributed by atoms with Crippen LogP contribution in [0.3, 0.4) is 0 Å². The Morgan fingerprint density at radius 3 is 2.35 bits per heavy atom. The molecule has 2 N–H and O–H groups in total. The van der Waals surface area contributed by atoms with E-state index in [1.165, 1.54) is 11.3 Å². The molecule has 0 aromatic heterocycles. The molecule has 2 nitrogen and oxygen atoms in total. The highest BCUT2D eigenvalue weighted by atomic mass is 14.9. The van der Waals surface area contributed by atoms with E-state index in [1.54, 1.807) is 0 Å². The second kappa shape index (κ2) is 10.0. The zero-order chi connectivity index (χ0) is 13.1. The van der Waals surface area contributed by atoms with E-state index in [2.05, 4.69) is 57.1 Å². The summed E-state index contributed by atoms with van der Waals surface area (Å²) >= 11 is 0. The summed E-state index contributed by atoms with van der Waals surface area (Å²) in [6.07, 6.45) is 7.58. The van der Waals surface area contributed by atoms with Crippen LogP contribution < -0.4 is 10.6 Å². The maximum absolute atomic E-state index is 4.05. The monoisotopic (exact) mass is 236 g/mol. The Morgan fingerprint density at radius 1 is 1.18 bits per heavy atom. The van der Waals surface area contributed by atoms with Crippen LogP contribution in [0.2, 0.25) is 0 Å². The second-order valence-electron chi connectivity index (χ2n) is 4.15. The van der Waals surface area contributed by atoms with Crippen LogP contribution in [-0.4, -0.2) is 13.1 Å². The second-order valence-corrected chi connectivity index (χ2v) is 4.15. The van der Waals surface area contributed by atoms with Gasteiger partial charge in [-0.3, -0.25) is 0 Å². The average molecular weight is 236 g/mol. The van der Waals surface area contributed by atoms with E-state index in [1.807, 2.05) is 0 Å². The van der Waals surface area contributed by atoms with Crippen molar-refractivity contribution in [3.8, 4) is 0 Å². The third kappa shape index (κ3) is 7.67. The fourth-order valence-corrected chi connectivity index (χ4v) is 1.70. The van der Waals surface area contributed by atoms with Gasteiger partial charge < -0.3 is 10.6 Å². The van der Waals surface area contributed by atoms with Gasteiger partial charge in [-0.2, -0.15) is 0 Å². The van der Waals surface area contributed by atoms with Gasteiger partial charge in [0.1, 0.15) is 0 Å². The first-order valence-electron chi connectivity index (χ1n) is 6.64. The van der Waals surface area contributed by atoms with E-state index in [-0.39, 0.29) is 0 Å². The van der Waals surface area contributed by atoms with Gasteiger partial charge in [0.15, 0.2) is 0 Å². The molecule has 0 aromatic rings. The van der Waals surface area contributed by atoms with Crippen LogP contribution >= 0.6 is 0 Å². The van der Waals surface area contributed by atoms with Gasteiger partial charge >= 0.3 is 0 Å². The molecule has 0 aliphatic rings. The van der Waals surface area contributed by atoms with Gasteiger partial charge in [0, 0.05) is 24.5 Å². The maximum Gasteiger partial charge on any atom is 0.0296 e. The lowest BCUT2D eigenvalue weighted by molar-refractivity contribution is 0.676. The molecule has 0 saturated heterocycles. The topological polar surface area (TPSA) is 24.1 Å². The summed E-state index contributed by atoms with van der Waals surface area (Å²) in [5, 5.41) is 6.76. The number of rotatable bonds is 9. The molecule has 0 radical (unpaired) electrons. The van der Waals surface area contributed by atoms with Gasteiger partial charge in [0.2, 0.25) is 0 Å². The minimum absolute atomic E-state index is 0.975. The Kier molecular flexibility index (Phi) is 9.31. The van der Waals surface area contributed by atoms with Gasteiger partial charge in [-0.05, 0) is 38.7 Å². The smallest absolute Gasteiger partial charge is 0.0296 e. The molecule has 0 aliphatic carbocycles. The van der Waals surface area contributed by atoms with Crippen molar-refractivity contribution in [3.05, 3.63) is 35.7 Å². The van der Waals surface area contributed by atoms with Crippen LogP contribution in [-0.2, 0) is 0 Å². The van der Waals surface area contributed by atoms with Gasteiger partial charge in [-0.1, -0.05) is 32.6 Å². The molecule has 0 unspecified atom stereocenters. The fourth-order valence-electron chi connectivity index (χ4n) is 1.70. The third-order valence-corrected chi connectivity index (χ3v) is 2.72. The lowest BCUT2D eigenvalue weighted by Crippen LogP contribution is -2.21. The van der Waals surface area contributed by atoms with Gasteiger partial charge in [0.05, 0.1) is 0 Å². The van der Waals surface area contributed by atoms with Crippen LogP contribution in [0, 0.1) is 0 Å². The molecule has 0 spiro atoms. The van der Waals surface area contributed by atoms with E-state index < -0.39 is 0 Å². The molecular weight excluding hydrogens is 208 g/mol. The van der Waals surface area contributed by atoms with Crippen LogP contribution in [0.4, 0.5) is 0 Å². The average Bonchev–Trinajstić information content (AvgIpc) is 2.30. The van der Waals surface area contributed by atoms with Gasteiger partial charge in [-0.25, -0.2) is 0 Å². The van der Waals surface area contributed by atoms with Gasteiger partial charge in [-0.15, -0.1) is 0 Å². The SMILES string of the molecule is C=C(NCCCN/C(C)=C\CC)/C(=C/C)CC. The van der Waals surface area contributed by atoms with Crippen molar-refractivity contribution in [1.82, 2.24) is 10.6 Å². The van der Waals surface area contributed by atoms with E-state index in [0.29, 0.717) is 0 Å². The first-order valence-corrected chi connectivity index (χ1v) is 6.64. The Morgan fingerprint density at radius 2 is 1.82 bits per heavy atom. The molecule has 0 aliphatic heterocycles. The summed E-state index contributed by atoms with van der Waals surface area (Å²) in [6, 6.07) is 0. The molecule has 0 atom stereocenters. The van der Waals surface area contributed by atoms with Crippen LogP contribution in [0.1, 0.15) is 47.0 Å². The molecule has 0 aromatic carbocycles. The summed E-state index contributed by atoms with van der Waals surface area (Å²) in [5.41, 5.74) is 3.64. The highest BCUT2D eigenvalue weighted by molar-refractivity contribution is 5.25. The van der Waals surface area contributed by atoms with Crippen molar-refractivity contribution in [3.63, 3.8) is 0 Å². The Bertz CT molecular complexity index is 275. The zero-order valence-electron chi connectivity index (χ0n) is 11.9. The molecule has 0 saturated carbocycles. The summed E-state index contributed by atoms with van der Waals surface area (Å²) < 4.78 is 0.